The highest BCUT2D eigenvalue weighted by Crippen LogP contribution is 2.21. The molecular weight excluding hydrogens is 286 g/mol. The van der Waals surface area contributed by atoms with Crippen LogP contribution in [0.3, 0.4) is 0 Å². The van der Waals surface area contributed by atoms with E-state index < -0.39 is 0 Å². The molecule has 2 aromatic rings. The number of aryl methyl sites for hydroxylation is 1. The molecule has 122 valence electrons. The fraction of sp³-hybridized carbons (Fsp3) is 0.350. The number of hydrogen-bond acceptors (Lipinski definition) is 2. The summed E-state index contributed by atoms with van der Waals surface area (Å²) in [4.78, 5) is 12.0. The third kappa shape index (κ3) is 4.85. The Morgan fingerprint density at radius 2 is 1.78 bits per heavy atom. The van der Waals surface area contributed by atoms with Gasteiger partial charge < -0.3 is 10.1 Å². The van der Waals surface area contributed by atoms with E-state index in [2.05, 4.69) is 38.2 Å². The Labute approximate surface area is 138 Å². The molecule has 0 unspecified atom stereocenters. The van der Waals surface area contributed by atoms with Crippen molar-refractivity contribution < 1.29 is 9.53 Å². The number of nitrogens with one attached hydrogen (secondary N) is 1. The van der Waals surface area contributed by atoms with Gasteiger partial charge in [0.15, 0.2) is 6.61 Å². The van der Waals surface area contributed by atoms with E-state index in [-0.39, 0.29) is 12.5 Å². The smallest absolute Gasteiger partial charge is 0.262 e. The van der Waals surface area contributed by atoms with Crippen LogP contribution in [0, 0.1) is 0 Å². The normalized spacial score (nSPS) is 11.8. The number of carbonyl (C=O) groups excluding carboxylic acids is 1. The average molecular weight is 311 g/mol. The molecule has 0 radical (unpaired) electrons. The summed E-state index contributed by atoms with van der Waals surface area (Å²) in [6.07, 6.45) is 1.99. The summed E-state index contributed by atoms with van der Waals surface area (Å²) in [6.45, 7) is 6.46. The van der Waals surface area contributed by atoms with Gasteiger partial charge in [-0.1, -0.05) is 51.1 Å². The summed E-state index contributed by atoms with van der Waals surface area (Å²) in [5.41, 5.74) is 3.27. The molecule has 2 aromatic carbocycles. The summed E-state index contributed by atoms with van der Waals surface area (Å²) >= 11 is 0. The first kappa shape index (κ1) is 17.1. The Kier molecular flexibility index (Phi) is 6.21. The lowest BCUT2D eigenvalue weighted by molar-refractivity contribution is -0.118. The predicted octanol–water partition coefficient (Wildman–Crippen LogP) is 4.78. The van der Waals surface area contributed by atoms with Crippen LogP contribution in [-0.2, 0) is 11.2 Å². The van der Waals surface area contributed by atoms with Gasteiger partial charge in [-0.05, 0) is 48.1 Å². The van der Waals surface area contributed by atoms with E-state index in [1.54, 1.807) is 0 Å². The zero-order valence-electron chi connectivity index (χ0n) is 14.1. The monoisotopic (exact) mass is 311 g/mol. The zero-order chi connectivity index (χ0) is 16.7. The predicted molar refractivity (Wildman–Crippen MR) is 95.1 cm³/mol. The van der Waals surface area contributed by atoms with Gasteiger partial charge in [0.2, 0.25) is 0 Å². The Balaban J connectivity index is 1.89. The highest BCUT2D eigenvalue weighted by molar-refractivity contribution is 5.92. The topological polar surface area (TPSA) is 38.3 Å². The van der Waals surface area contributed by atoms with E-state index in [0.29, 0.717) is 5.92 Å². The molecule has 0 saturated heterocycles. The zero-order valence-corrected chi connectivity index (χ0v) is 14.1. The van der Waals surface area contributed by atoms with Crippen LogP contribution < -0.4 is 10.1 Å². The Hall–Kier alpha value is -2.29. The maximum absolute atomic E-state index is 12.0. The number of rotatable bonds is 7. The van der Waals surface area contributed by atoms with Crippen molar-refractivity contribution >= 4 is 11.6 Å². The second-order valence-electron chi connectivity index (χ2n) is 5.73. The molecule has 0 aliphatic rings. The van der Waals surface area contributed by atoms with E-state index in [1.165, 1.54) is 5.56 Å². The molecule has 3 heteroatoms. The molecule has 2 rings (SSSR count). The van der Waals surface area contributed by atoms with E-state index in [0.717, 1.165) is 29.8 Å². The van der Waals surface area contributed by atoms with Crippen LogP contribution in [0.4, 0.5) is 5.69 Å². The number of carbonyl (C=O) groups is 1. The minimum Gasteiger partial charge on any atom is -0.484 e. The van der Waals surface area contributed by atoms with E-state index >= 15 is 0 Å². The van der Waals surface area contributed by atoms with Gasteiger partial charge in [-0.15, -0.1) is 0 Å². The summed E-state index contributed by atoms with van der Waals surface area (Å²) in [5, 5.41) is 2.91. The maximum atomic E-state index is 12.0. The van der Waals surface area contributed by atoms with Crippen molar-refractivity contribution in [3.05, 3.63) is 59.7 Å². The number of hydrogen-bond donors (Lipinski definition) is 1. The van der Waals surface area contributed by atoms with Crippen LogP contribution in [-0.4, -0.2) is 12.5 Å². The van der Waals surface area contributed by atoms with Crippen molar-refractivity contribution in [2.75, 3.05) is 11.9 Å². The van der Waals surface area contributed by atoms with Crippen molar-refractivity contribution in [2.45, 2.75) is 39.5 Å². The minimum absolute atomic E-state index is 0.0146. The first-order valence-corrected chi connectivity index (χ1v) is 8.24. The van der Waals surface area contributed by atoms with Crippen molar-refractivity contribution in [3.8, 4) is 5.75 Å². The molecule has 0 aliphatic heterocycles. The molecule has 3 nitrogen and oxygen atoms in total. The molecule has 0 aromatic heterocycles. The lowest BCUT2D eigenvalue weighted by Gasteiger charge is -2.12. The standard InChI is InChI=1S/C20H25NO2/c1-4-15(3)17-10-12-18(13-11-17)23-14-20(22)21-19-9-7-6-8-16(19)5-2/h6-13,15H,4-5,14H2,1-3H3,(H,21,22)/t15-/m0/s1. The third-order valence-electron chi connectivity index (χ3n) is 4.10. The van der Waals surface area contributed by atoms with E-state index in [1.807, 2.05) is 36.4 Å². The molecule has 0 bridgehead atoms. The highest BCUT2D eigenvalue weighted by Gasteiger charge is 2.07. The molecule has 0 saturated carbocycles. The SMILES string of the molecule is CCc1ccccc1NC(=O)COc1ccc([C@@H](C)CC)cc1. The Bertz CT molecular complexity index is 634. The molecular formula is C20H25NO2. The molecule has 1 atom stereocenters. The van der Waals surface area contributed by atoms with Crippen LogP contribution in [0.1, 0.15) is 44.2 Å². The van der Waals surface area contributed by atoms with Crippen LogP contribution in [0.25, 0.3) is 0 Å². The van der Waals surface area contributed by atoms with Crippen LogP contribution >= 0.6 is 0 Å². The fourth-order valence-electron chi connectivity index (χ4n) is 2.41. The van der Waals surface area contributed by atoms with Crippen molar-refractivity contribution in [1.82, 2.24) is 0 Å². The Morgan fingerprint density at radius 3 is 2.43 bits per heavy atom. The van der Waals surface area contributed by atoms with Gasteiger partial charge in [0.25, 0.3) is 5.91 Å². The molecule has 23 heavy (non-hydrogen) atoms. The average Bonchev–Trinajstić information content (AvgIpc) is 2.60. The molecule has 1 amide bonds. The summed E-state index contributed by atoms with van der Waals surface area (Å²) in [6, 6.07) is 15.8. The van der Waals surface area contributed by atoms with E-state index in [9.17, 15) is 4.79 Å². The number of para-hydroxylation sites is 1. The second kappa shape index (κ2) is 8.37. The van der Waals surface area contributed by atoms with Crippen LogP contribution in [0.2, 0.25) is 0 Å². The van der Waals surface area contributed by atoms with E-state index in [4.69, 9.17) is 4.74 Å². The summed E-state index contributed by atoms with van der Waals surface area (Å²) in [5.74, 6) is 1.12. The molecule has 0 aliphatic carbocycles. The maximum Gasteiger partial charge on any atom is 0.262 e. The third-order valence-corrected chi connectivity index (χ3v) is 4.10. The Morgan fingerprint density at radius 1 is 1.09 bits per heavy atom. The largest absolute Gasteiger partial charge is 0.484 e. The lowest BCUT2D eigenvalue weighted by Crippen LogP contribution is -2.20. The molecule has 0 fully saturated rings. The van der Waals surface area contributed by atoms with Gasteiger partial charge in [-0.25, -0.2) is 0 Å². The van der Waals surface area contributed by atoms with Crippen LogP contribution in [0.15, 0.2) is 48.5 Å². The van der Waals surface area contributed by atoms with Crippen molar-refractivity contribution in [2.24, 2.45) is 0 Å². The van der Waals surface area contributed by atoms with Crippen molar-refractivity contribution in [3.63, 3.8) is 0 Å². The minimum atomic E-state index is -0.142. The quantitative estimate of drug-likeness (QED) is 0.799. The second-order valence-corrected chi connectivity index (χ2v) is 5.73. The number of amides is 1. The first-order chi connectivity index (χ1) is 11.1. The van der Waals surface area contributed by atoms with Gasteiger partial charge in [-0.2, -0.15) is 0 Å². The molecule has 0 heterocycles. The molecule has 1 N–H and O–H groups in total. The van der Waals surface area contributed by atoms with Gasteiger partial charge >= 0.3 is 0 Å². The van der Waals surface area contributed by atoms with Gasteiger partial charge in [0.1, 0.15) is 5.75 Å². The van der Waals surface area contributed by atoms with Crippen molar-refractivity contribution in [1.29, 1.82) is 0 Å². The highest BCUT2D eigenvalue weighted by atomic mass is 16.5. The number of anilines is 1. The first-order valence-electron chi connectivity index (χ1n) is 8.24. The number of ether oxygens (including phenoxy) is 1. The van der Waals surface area contributed by atoms with Gasteiger partial charge in [0.05, 0.1) is 0 Å². The molecule has 0 spiro atoms. The van der Waals surface area contributed by atoms with Gasteiger partial charge in [-0.3, -0.25) is 4.79 Å². The summed E-state index contributed by atoms with van der Waals surface area (Å²) < 4.78 is 5.57. The van der Waals surface area contributed by atoms with Gasteiger partial charge in [0, 0.05) is 5.69 Å². The summed E-state index contributed by atoms with van der Waals surface area (Å²) in [7, 11) is 0. The van der Waals surface area contributed by atoms with Crippen LogP contribution in [0.5, 0.6) is 5.75 Å². The lowest BCUT2D eigenvalue weighted by atomic mass is 9.99. The fourth-order valence-corrected chi connectivity index (χ4v) is 2.41. The number of benzene rings is 2.